The second-order valence-corrected chi connectivity index (χ2v) is 4.94. The number of hydrogen-bond donors (Lipinski definition) is 2. The first kappa shape index (κ1) is 14.8. The summed E-state index contributed by atoms with van der Waals surface area (Å²) in [6, 6.07) is 10.6. The van der Waals surface area contributed by atoms with Gasteiger partial charge in [-0.05, 0) is 30.3 Å². The molecule has 1 heterocycles. The van der Waals surface area contributed by atoms with Crippen LogP contribution in [0.3, 0.4) is 0 Å². The largest absolute Gasteiger partial charge is 0.324 e. The van der Waals surface area contributed by atoms with Gasteiger partial charge in [0.1, 0.15) is 0 Å². The van der Waals surface area contributed by atoms with Crippen molar-refractivity contribution in [1.29, 1.82) is 0 Å². The number of nitrogens with one attached hydrogen (secondary N) is 2. The fourth-order valence-corrected chi connectivity index (χ4v) is 2.05. The Bertz CT molecular complexity index is 590. The Kier molecular flexibility index (Phi) is 5.35. The summed E-state index contributed by atoms with van der Waals surface area (Å²) in [6.45, 7) is 0.706. The number of carbonyl (C=O) groups is 1. The Labute approximate surface area is 127 Å². The van der Waals surface area contributed by atoms with E-state index in [4.69, 9.17) is 23.2 Å². The summed E-state index contributed by atoms with van der Waals surface area (Å²) < 4.78 is 0. The van der Waals surface area contributed by atoms with Crippen molar-refractivity contribution in [2.75, 3.05) is 11.9 Å². The van der Waals surface area contributed by atoms with Crippen molar-refractivity contribution in [3.63, 3.8) is 0 Å². The van der Waals surface area contributed by atoms with Crippen molar-refractivity contribution in [1.82, 2.24) is 10.3 Å². The molecular weight excluding hydrogens is 297 g/mol. The van der Waals surface area contributed by atoms with Crippen molar-refractivity contribution < 1.29 is 4.79 Å². The molecule has 2 rings (SSSR count). The third-order valence-corrected chi connectivity index (χ3v) is 3.07. The number of anilines is 1. The van der Waals surface area contributed by atoms with Crippen LogP contribution in [0.25, 0.3) is 0 Å². The summed E-state index contributed by atoms with van der Waals surface area (Å²) >= 11 is 11.8. The van der Waals surface area contributed by atoms with Crippen molar-refractivity contribution in [3.8, 4) is 0 Å². The maximum atomic E-state index is 11.8. The number of amides is 1. The lowest BCUT2D eigenvalue weighted by atomic mass is 10.3. The molecule has 0 saturated heterocycles. The minimum atomic E-state index is -0.176. The molecule has 0 unspecified atom stereocenters. The van der Waals surface area contributed by atoms with Gasteiger partial charge >= 0.3 is 0 Å². The van der Waals surface area contributed by atoms with Crippen LogP contribution >= 0.6 is 23.2 Å². The molecule has 0 aliphatic carbocycles. The quantitative estimate of drug-likeness (QED) is 0.892. The monoisotopic (exact) mass is 309 g/mol. The van der Waals surface area contributed by atoms with E-state index in [-0.39, 0.29) is 12.5 Å². The van der Waals surface area contributed by atoms with Gasteiger partial charge < -0.3 is 10.6 Å². The van der Waals surface area contributed by atoms with Crippen molar-refractivity contribution in [2.45, 2.75) is 6.54 Å². The minimum Gasteiger partial charge on any atom is -0.324 e. The molecule has 1 amide bonds. The molecule has 0 radical (unpaired) electrons. The van der Waals surface area contributed by atoms with Crippen LogP contribution in [0.5, 0.6) is 0 Å². The van der Waals surface area contributed by atoms with Gasteiger partial charge in [-0.3, -0.25) is 9.78 Å². The zero-order chi connectivity index (χ0) is 14.4. The first-order valence-corrected chi connectivity index (χ1v) is 6.76. The normalized spacial score (nSPS) is 10.3. The third-order valence-electron chi connectivity index (χ3n) is 2.52. The topological polar surface area (TPSA) is 54.0 Å². The van der Waals surface area contributed by atoms with Crippen LogP contribution in [-0.2, 0) is 11.3 Å². The highest BCUT2D eigenvalue weighted by Crippen LogP contribution is 2.25. The summed E-state index contributed by atoms with van der Waals surface area (Å²) in [5, 5.41) is 6.66. The van der Waals surface area contributed by atoms with Gasteiger partial charge in [0.15, 0.2) is 0 Å². The molecule has 20 heavy (non-hydrogen) atoms. The number of carbonyl (C=O) groups excluding carboxylic acids is 1. The Hall–Kier alpha value is -1.62. The van der Waals surface area contributed by atoms with E-state index in [0.717, 1.165) is 5.69 Å². The number of nitrogens with zero attached hydrogens (tertiary/aromatic N) is 1. The van der Waals surface area contributed by atoms with Gasteiger partial charge in [0.25, 0.3) is 0 Å². The molecule has 0 fully saturated rings. The number of halogens is 2. The minimum absolute atomic E-state index is 0.176. The first-order valence-electron chi connectivity index (χ1n) is 6.00. The second kappa shape index (κ2) is 7.24. The van der Waals surface area contributed by atoms with Crippen LogP contribution in [0.1, 0.15) is 5.69 Å². The van der Waals surface area contributed by atoms with Gasteiger partial charge in [0.05, 0.1) is 22.9 Å². The average molecular weight is 310 g/mol. The smallest absolute Gasteiger partial charge is 0.238 e. The average Bonchev–Trinajstić information content (AvgIpc) is 2.43. The number of benzene rings is 1. The number of hydrogen-bond acceptors (Lipinski definition) is 3. The standard InChI is InChI=1S/C14H13Cl2N3O/c15-10-4-5-13(12(16)7-10)19-14(20)9-17-8-11-3-1-2-6-18-11/h1-7,17H,8-9H2,(H,19,20). The predicted molar refractivity (Wildman–Crippen MR) is 81.0 cm³/mol. The molecule has 2 aromatic rings. The summed E-state index contributed by atoms with van der Waals surface area (Å²) in [7, 11) is 0. The molecule has 4 nitrogen and oxygen atoms in total. The van der Waals surface area contributed by atoms with Crippen molar-refractivity contribution in [3.05, 3.63) is 58.3 Å². The van der Waals surface area contributed by atoms with Crippen LogP contribution in [0.2, 0.25) is 10.0 Å². The van der Waals surface area contributed by atoms with Crippen LogP contribution in [0.15, 0.2) is 42.6 Å². The van der Waals surface area contributed by atoms with Crippen molar-refractivity contribution >= 4 is 34.8 Å². The molecule has 0 spiro atoms. The number of rotatable bonds is 5. The molecular formula is C14H13Cl2N3O. The van der Waals surface area contributed by atoms with Crippen LogP contribution in [-0.4, -0.2) is 17.4 Å². The van der Waals surface area contributed by atoms with Crippen LogP contribution in [0, 0.1) is 0 Å². The van der Waals surface area contributed by atoms with Gasteiger partial charge in [-0.15, -0.1) is 0 Å². The number of pyridine rings is 1. The lowest BCUT2D eigenvalue weighted by molar-refractivity contribution is -0.115. The Morgan fingerprint density at radius 2 is 2.05 bits per heavy atom. The van der Waals surface area contributed by atoms with E-state index in [1.807, 2.05) is 18.2 Å². The van der Waals surface area contributed by atoms with Crippen molar-refractivity contribution in [2.24, 2.45) is 0 Å². The Morgan fingerprint density at radius 3 is 2.75 bits per heavy atom. The molecule has 2 N–H and O–H groups in total. The Balaban J connectivity index is 1.81. The molecule has 0 atom stereocenters. The van der Waals surface area contributed by atoms with Gasteiger partial charge in [0, 0.05) is 17.8 Å². The van der Waals surface area contributed by atoms with Gasteiger partial charge in [-0.25, -0.2) is 0 Å². The van der Waals surface area contributed by atoms with Gasteiger partial charge in [-0.1, -0.05) is 29.3 Å². The fraction of sp³-hybridized carbons (Fsp3) is 0.143. The van der Waals surface area contributed by atoms with E-state index < -0.39 is 0 Å². The van der Waals surface area contributed by atoms with E-state index in [2.05, 4.69) is 15.6 Å². The number of aromatic nitrogens is 1. The highest BCUT2D eigenvalue weighted by molar-refractivity contribution is 6.36. The van der Waals surface area contributed by atoms with E-state index in [1.54, 1.807) is 24.4 Å². The summed E-state index contributed by atoms with van der Waals surface area (Å²) in [4.78, 5) is 15.9. The molecule has 6 heteroatoms. The molecule has 0 bridgehead atoms. The summed E-state index contributed by atoms with van der Waals surface area (Å²) in [5.41, 5.74) is 1.42. The van der Waals surface area contributed by atoms with E-state index in [1.165, 1.54) is 0 Å². The second-order valence-electron chi connectivity index (χ2n) is 4.10. The zero-order valence-electron chi connectivity index (χ0n) is 10.6. The highest BCUT2D eigenvalue weighted by atomic mass is 35.5. The lowest BCUT2D eigenvalue weighted by Crippen LogP contribution is -2.28. The molecule has 0 aliphatic heterocycles. The first-order chi connectivity index (χ1) is 9.65. The lowest BCUT2D eigenvalue weighted by Gasteiger charge is -2.08. The van der Waals surface area contributed by atoms with Gasteiger partial charge in [0.2, 0.25) is 5.91 Å². The molecule has 0 aliphatic rings. The van der Waals surface area contributed by atoms with E-state index in [9.17, 15) is 4.79 Å². The maximum absolute atomic E-state index is 11.8. The SMILES string of the molecule is O=C(CNCc1ccccn1)Nc1ccc(Cl)cc1Cl. The summed E-state index contributed by atoms with van der Waals surface area (Å²) in [5.74, 6) is -0.176. The molecule has 1 aromatic carbocycles. The van der Waals surface area contributed by atoms with E-state index in [0.29, 0.717) is 22.3 Å². The van der Waals surface area contributed by atoms with Gasteiger partial charge in [-0.2, -0.15) is 0 Å². The van der Waals surface area contributed by atoms with Crippen LogP contribution in [0.4, 0.5) is 5.69 Å². The highest BCUT2D eigenvalue weighted by Gasteiger charge is 2.06. The maximum Gasteiger partial charge on any atom is 0.238 e. The Morgan fingerprint density at radius 1 is 1.20 bits per heavy atom. The van der Waals surface area contributed by atoms with Crippen LogP contribution < -0.4 is 10.6 Å². The molecule has 1 aromatic heterocycles. The predicted octanol–water partition coefficient (Wildman–Crippen LogP) is 3.12. The van der Waals surface area contributed by atoms with E-state index >= 15 is 0 Å². The zero-order valence-corrected chi connectivity index (χ0v) is 12.1. The third kappa shape index (κ3) is 4.49. The fourth-order valence-electron chi connectivity index (χ4n) is 1.59. The summed E-state index contributed by atoms with van der Waals surface area (Å²) in [6.07, 6.45) is 1.71. The molecule has 104 valence electrons. The molecule has 0 saturated carbocycles.